The van der Waals surface area contributed by atoms with Gasteiger partial charge >= 0.3 is 5.97 Å². The van der Waals surface area contributed by atoms with E-state index in [4.69, 9.17) is 26.2 Å². The van der Waals surface area contributed by atoms with E-state index in [-0.39, 0.29) is 5.56 Å². The summed E-state index contributed by atoms with van der Waals surface area (Å²) in [4.78, 5) is 23.1. The number of aromatic carboxylic acids is 1. The second-order valence-electron chi connectivity index (χ2n) is 5.47. The fraction of sp³-hybridized carbons (Fsp3) is 0.333. The molecule has 2 heterocycles. The van der Waals surface area contributed by atoms with Crippen LogP contribution in [0.2, 0.25) is 5.02 Å². The van der Waals surface area contributed by atoms with Crippen LogP contribution in [0.4, 0.5) is 0 Å². The molecule has 0 atom stereocenters. The van der Waals surface area contributed by atoms with E-state index in [1.165, 1.54) is 25.8 Å². The van der Waals surface area contributed by atoms with Crippen molar-refractivity contribution in [2.45, 2.75) is 26.8 Å². The van der Waals surface area contributed by atoms with Crippen molar-refractivity contribution in [1.82, 2.24) is 4.57 Å². The molecule has 0 fully saturated rings. The first-order valence-electron chi connectivity index (χ1n) is 7.91. The highest BCUT2D eigenvalue weighted by Gasteiger charge is 2.20. The van der Waals surface area contributed by atoms with Gasteiger partial charge < -0.3 is 19.1 Å². The van der Waals surface area contributed by atoms with E-state index in [1.54, 1.807) is 16.7 Å². The van der Waals surface area contributed by atoms with Gasteiger partial charge in [0, 0.05) is 23.9 Å². The number of carbonyl (C=O) groups is 1. The Morgan fingerprint density at radius 2 is 2.04 bits per heavy atom. The van der Waals surface area contributed by atoms with E-state index in [2.05, 4.69) is 13.8 Å². The van der Waals surface area contributed by atoms with Crippen molar-refractivity contribution in [2.75, 3.05) is 13.7 Å². The number of ether oxygens (including phenoxy) is 2. The van der Waals surface area contributed by atoms with Gasteiger partial charge in [-0.1, -0.05) is 31.9 Å². The molecule has 0 unspecified atom stereocenters. The molecule has 0 saturated carbocycles. The summed E-state index contributed by atoms with van der Waals surface area (Å²) >= 11 is 6.14. The van der Waals surface area contributed by atoms with Gasteiger partial charge in [-0.15, -0.1) is 0 Å². The Bertz CT molecular complexity index is 844. The van der Waals surface area contributed by atoms with Crippen LogP contribution in [-0.4, -0.2) is 29.4 Å². The van der Waals surface area contributed by atoms with Crippen LogP contribution >= 0.6 is 11.6 Å². The predicted octanol–water partition coefficient (Wildman–Crippen LogP) is 3.68. The average molecular weight is 366 g/mol. The Labute approximate surface area is 150 Å². The summed E-state index contributed by atoms with van der Waals surface area (Å²) < 4.78 is 12.5. The molecule has 0 spiro atoms. The van der Waals surface area contributed by atoms with Crippen molar-refractivity contribution < 1.29 is 19.4 Å². The lowest BCUT2D eigenvalue weighted by atomic mass is 10.1. The second-order valence-corrected chi connectivity index (χ2v) is 5.88. The standard InChI is InChI=1S/C15H12ClNO5.C3H8/c1-21-14-6-13-8(4-10(14)16)11-5-12(18)9(15(19)20)7-17(11)2-3-22-13;1-3-2/h4-7H,2-3H2,1H3,(H,19,20);3H2,1-2H3. The van der Waals surface area contributed by atoms with E-state index >= 15 is 0 Å². The van der Waals surface area contributed by atoms with Gasteiger partial charge in [0.2, 0.25) is 0 Å². The molecule has 1 N–H and O–H groups in total. The van der Waals surface area contributed by atoms with Crippen molar-refractivity contribution in [2.24, 2.45) is 0 Å². The second kappa shape index (κ2) is 8.07. The number of pyridine rings is 1. The van der Waals surface area contributed by atoms with Crippen LogP contribution in [0.1, 0.15) is 30.6 Å². The molecule has 3 rings (SSSR count). The number of benzene rings is 1. The Hall–Kier alpha value is -2.47. The molecule has 0 aliphatic carbocycles. The number of nitrogens with zero attached hydrogens (tertiary/aromatic N) is 1. The molecule has 0 bridgehead atoms. The number of rotatable bonds is 2. The zero-order valence-corrected chi connectivity index (χ0v) is 15.1. The summed E-state index contributed by atoms with van der Waals surface area (Å²) in [5.74, 6) is -0.244. The van der Waals surface area contributed by atoms with E-state index < -0.39 is 11.4 Å². The van der Waals surface area contributed by atoms with Crippen molar-refractivity contribution >= 4 is 17.6 Å². The number of fused-ring (bicyclic) bond motifs is 3. The van der Waals surface area contributed by atoms with E-state index in [0.29, 0.717) is 40.9 Å². The summed E-state index contributed by atoms with van der Waals surface area (Å²) in [5, 5.41) is 9.45. The number of carboxylic acids is 1. The molecular weight excluding hydrogens is 346 g/mol. The smallest absolute Gasteiger partial charge is 0.341 e. The molecule has 0 amide bonds. The van der Waals surface area contributed by atoms with Gasteiger partial charge in [-0.05, 0) is 6.07 Å². The maximum Gasteiger partial charge on any atom is 0.341 e. The first-order chi connectivity index (χ1) is 11.9. The number of methoxy groups -OCH3 is 1. The average Bonchev–Trinajstić information content (AvgIpc) is 2.73. The largest absolute Gasteiger partial charge is 0.495 e. The number of carboxylic acid groups (broad SMARTS) is 1. The number of halogens is 1. The lowest BCUT2D eigenvalue weighted by molar-refractivity contribution is 0.0694. The van der Waals surface area contributed by atoms with Crippen LogP contribution in [0.15, 0.2) is 29.2 Å². The van der Waals surface area contributed by atoms with Gasteiger partial charge in [-0.25, -0.2) is 4.79 Å². The first-order valence-corrected chi connectivity index (χ1v) is 8.29. The van der Waals surface area contributed by atoms with Crippen molar-refractivity contribution in [3.05, 3.63) is 45.2 Å². The fourth-order valence-corrected chi connectivity index (χ4v) is 2.66. The summed E-state index contributed by atoms with van der Waals surface area (Å²) in [7, 11) is 1.50. The zero-order chi connectivity index (χ0) is 18.6. The normalized spacial score (nSPS) is 11.8. The molecular formula is C18H20ClNO5. The number of hydrogen-bond donors (Lipinski definition) is 1. The van der Waals surface area contributed by atoms with Crippen molar-refractivity contribution in [3.63, 3.8) is 0 Å². The lowest BCUT2D eigenvalue weighted by Crippen LogP contribution is -2.19. The molecule has 134 valence electrons. The topological polar surface area (TPSA) is 77.8 Å². The summed E-state index contributed by atoms with van der Waals surface area (Å²) in [6.45, 7) is 5.01. The highest BCUT2D eigenvalue weighted by Crippen LogP contribution is 2.39. The number of hydrogen-bond acceptors (Lipinski definition) is 4. The van der Waals surface area contributed by atoms with Gasteiger partial charge in [-0.3, -0.25) is 4.79 Å². The molecule has 1 aliphatic rings. The molecule has 0 radical (unpaired) electrons. The molecule has 0 saturated heterocycles. The number of aromatic nitrogens is 1. The van der Waals surface area contributed by atoms with Gasteiger partial charge in [0.15, 0.2) is 5.43 Å². The molecule has 7 heteroatoms. The molecule has 1 aliphatic heterocycles. The van der Waals surface area contributed by atoms with E-state index in [0.717, 1.165) is 0 Å². The Morgan fingerprint density at radius 1 is 1.36 bits per heavy atom. The van der Waals surface area contributed by atoms with E-state index in [1.807, 2.05) is 0 Å². The minimum atomic E-state index is -1.25. The first kappa shape index (κ1) is 18.9. The van der Waals surface area contributed by atoms with Crippen molar-refractivity contribution in [1.29, 1.82) is 0 Å². The van der Waals surface area contributed by atoms with Crippen LogP contribution in [-0.2, 0) is 6.54 Å². The third-order valence-corrected chi connectivity index (χ3v) is 3.77. The van der Waals surface area contributed by atoms with Crippen LogP contribution in [0.3, 0.4) is 0 Å². The van der Waals surface area contributed by atoms with Gasteiger partial charge in [0.05, 0.1) is 24.4 Å². The van der Waals surface area contributed by atoms with E-state index in [9.17, 15) is 9.59 Å². The van der Waals surface area contributed by atoms with Gasteiger partial charge in [0.25, 0.3) is 0 Å². The lowest BCUT2D eigenvalue weighted by Gasteiger charge is -2.13. The quantitative estimate of drug-likeness (QED) is 0.878. The van der Waals surface area contributed by atoms with Crippen LogP contribution in [0, 0.1) is 0 Å². The molecule has 2 aromatic rings. The monoisotopic (exact) mass is 365 g/mol. The minimum Gasteiger partial charge on any atom is -0.495 e. The van der Waals surface area contributed by atoms with Crippen LogP contribution in [0.25, 0.3) is 11.3 Å². The third kappa shape index (κ3) is 3.96. The minimum absolute atomic E-state index is 0.271. The Kier molecular flexibility index (Phi) is 6.09. The molecule has 6 nitrogen and oxygen atoms in total. The van der Waals surface area contributed by atoms with Crippen molar-refractivity contribution in [3.8, 4) is 22.8 Å². The van der Waals surface area contributed by atoms with Crippen LogP contribution < -0.4 is 14.9 Å². The summed E-state index contributed by atoms with van der Waals surface area (Å²) in [6.07, 6.45) is 2.58. The Morgan fingerprint density at radius 3 is 2.64 bits per heavy atom. The van der Waals surface area contributed by atoms with Gasteiger partial charge in [-0.2, -0.15) is 0 Å². The fourth-order valence-electron chi connectivity index (χ4n) is 2.42. The highest BCUT2D eigenvalue weighted by molar-refractivity contribution is 6.32. The summed E-state index contributed by atoms with van der Waals surface area (Å²) in [5.41, 5.74) is 0.356. The third-order valence-electron chi connectivity index (χ3n) is 3.48. The highest BCUT2D eigenvalue weighted by atomic mass is 35.5. The molecule has 1 aromatic carbocycles. The maximum atomic E-state index is 12.0. The maximum absolute atomic E-state index is 12.0. The SMILES string of the molecule is CCC.COc1cc2c(cc1Cl)-c1cc(=O)c(C(=O)O)cn1CCO2. The van der Waals surface area contributed by atoms with Crippen LogP contribution in [0.5, 0.6) is 11.5 Å². The molecule has 25 heavy (non-hydrogen) atoms. The predicted molar refractivity (Wildman–Crippen MR) is 96.1 cm³/mol. The molecule has 1 aromatic heterocycles. The zero-order valence-electron chi connectivity index (χ0n) is 14.3. The Balaban J connectivity index is 0.000000701. The summed E-state index contributed by atoms with van der Waals surface area (Å²) in [6, 6.07) is 4.59. The van der Waals surface area contributed by atoms with Gasteiger partial charge in [0.1, 0.15) is 23.7 Å².